The molecule has 1 aromatic heterocycles. The number of hydrogen-bond acceptors (Lipinski definition) is 4. The Hall–Kier alpha value is -1.32. The monoisotopic (exact) mass is 208 g/mol. The fourth-order valence-corrected chi connectivity index (χ4v) is 1.03. The van der Waals surface area contributed by atoms with Crippen molar-refractivity contribution in [2.24, 2.45) is 5.41 Å². The summed E-state index contributed by atoms with van der Waals surface area (Å²) in [7, 11) is 1.84. The van der Waals surface area contributed by atoms with E-state index in [0.29, 0.717) is 0 Å². The minimum absolute atomic E-state index is 0.289. The summed E-state index contributed by atoms with van der Waals surface area (Å²) in [6, 6.07) is 0. The van der Waals surface area contributed by atoms with Crippen LogP contribution in [0.1, 0.15) is 27.2 Å². The molecule has 0 radical (unpaired) electrons. The molecule has 2 N–H and O–H groups in total. The second kappa shape index (κ2) is 4.96. The van der Waals surface area contributed by atoms with Crippen LogP contribution in [-0.2, 0) is 0 Å². The third-order valence-electron chi connectivity index (χ3n) is 2.60. The molecule has 0 atom stereocenters. The van der Waals surface area contributed by atoms with Crippen LogP contribution in [0.4, 0.5) is 11.6 Å². The van der Waals surface area contributed by atoms with Crippen molar-refractivity contribution in [3.63, 3.8) is 0 Å². The van der Waals surface area contributed by atoms with Crippen molar-refractivity contribution in [1.82, 2.24) is 9.97 Å². The van der Waals surface area contributed by atoms with E-state index in [-0.39, 0.29) is 5.41 Å². The van der Waals surface area contributed by atoms with Crippen LogP contribution >= 0.6 is 0 Å². The van der Waals surface area contributed by atoms with Crippen molar-refractivity contribution in [1.29, 1.82) is 0 Å². The lowest BCUT2D eigenvalue weighted by molar-refractivity contribution is 0.376. The summed E-state index contributed by atoms with van der Waals surface area (Å²) >= 11 is 0. The highest BCUT2D eigenvalue weighted by Gasteiger charge is 2.14. The minimum atomic E-state index is 0.289. The van der Waals surface area contributed by atoms with Gasteiger partial charge in [0.25, 0.3) is 0 Å². The molecule has 0 fully saturated rings. The Bertz CT molecular complexity index is 309. The maximum atomic E-state index is 4.34. The first-order chi connectivity index (χ1) is 7.07. The average molecular weight is 208 g/mol. The molecule has 15 heavy (non-hydrogen) atoms. The summed E-state index contributed by atoms with van der Waals surface area (Å²) in [5.74, 6) is 1.61. The van der Waals surface area contributed by atoms with Gasteiger partial charge in [-0.15, -0.1) is 0 Å². The van der Waals surface area contributed by atoms with Crippen LogP contribution in [0.3, 0.4) is 0 Å². The average Bonchev–Trinajstić information content (AvgIpc) is 2.27. The Balaban J connectivity index is 2.57. The standard InChI is InChI=1S/C11H20N4/c1-5-11(2,3)8-14-10-7-13-6-9(12-4)15-10/h6-7H,5,8H2,1-4H3,(H2,12,14,15). The smallest absolute Gasteiger partial charge is 0.146 e. The molecular formula is C11H20N4. The van der Waals surface area contributed by atoms with Crippen LogP contribution in [-0.4, -0.2) is 23.6 Å². The number of nitrogens with zero attached hydrogens (tertiary/aromatic N) is 2. The molecule has 0 unspecified atom stereocenters. The van der Waals surface area contributed by atoms with Crippen molar-refractivity contribution in [3.05, 3.63) is 12.4 Å². The number of aromatic nitrogens is 2. The SMILES string of the molecule is CCC(C)(C)CNc1cncc(NC)n1. The summed E-state index contributed by atoms with van der Waals surface area (Å²) in [6.45, 7) is 7.56. The fourth-order valence-electron chi connectivity index (χ4n) is 1.03. The highest BCUT2D eigenvalue weighted by molar-refractivity contribution is 5.41. The molecule has 0 bridgehead atoms. The molecular weight excluding hydrogens is 188 g/mol. The summed E-state index contributed by atoms with van der Waals surface area (Å²) in [5.41, 5.74) is 0.289. The van der Waals surface area contributed by atoms with E-state index < -0.39 is 0 Å². The first-order valence-corrected chi connectivity index (χ1v) is 5.31. The van der Waals surface area contributed by atoms with E-state index in [2.05, 4.69) is 41.4 Å². The van der Waals surface area contributed by atoms with Gasteiger partial charge >= 0.3 is 0 Å². The molecule has 0 spiro atoms. The number of rotatable bonds is 5. The van der Waals surface area contributed by atoms with Gasteiger partial charge in [-0.05, 0) is 11.8 Å². The third-order valence-corrected chi connectivity index (χ3v) is 2.60. The van der Waals surface area contributed by atoms with Gasteiger partial charge in [-0.2, -0.15) is 0 Å². The molecule has 0 aromatic carbocycles. The molecule has 84 valence electrons. The molecule has 4 heteroatoms. The van der Waals surface area contributed by atoms with Gasteiger partial charge in [-0.1, -0.05) is 20.8 Å². The second-order valence-corrected chi connectivity index (χ2v) is 4.41. The second-order valence-electron chi connectivity index (χ2n) is 4.41. The van der Waals surface area contributed by atoms with Gasteiger partial charge in [0.1, 0.15) is 11.6 Å². The first-order valence-electron chi connectivity index (χ1n) is 5.31. The maximum absolute atomic E-state index is 4.34. The quantitative estimate of drug-likeness (QED) is 0.780. The van der Waals surface area contributed by atoms with E-state index in [1.54, 1.807) is 12.4 Å². The van der Waals surface area contributed by atoms with E-state index in [1.165, 1.54) is 0 Å². The number of nitrogens with one attached hydrogen (secondary N) is 2. The van der Waals surface area contributed by atoms with E-state index in [9.17, 15) is 0 Å². The molecule has 0 amide bonds. The molecule has 4 nitrogen and oxygen atoms in total. The number of hydrogen-bond donors (Lipinski definition) is 2. The Labute approximate surface area is 91.5 Å². The van der Waals surface area contributed by atoms with Crippen LogP contribution in [0.15, 0.2) is 12.4 Å². The van der Waals surface area contributed by atoms with Crippen molar-refractivity contribution in [3.8, 4) is 0 Å². The summed E-state index contributed by atoms with van der Waals surface area (Å²) in [4.78, 5) is 8.44. The Morgan fingerprint density at radius 1 is 1.27 bits per heavy atom. The van der Waals surface area contributed by atoms with Crippen LogP contribution in [0, 0.1) is 5.41 Å². The first kappa shape index (κ1) is 11.8. The number of anilines is 2. The summed E-state index contributed by atoms with van der Waals surface area (Å²) in [5, 5.41) is 6.26. The normalized spacial score (nSPS) is 11.2. The van der Waals surface area contributed by atoms with Crippen molar-refractivity contribution in [2.75, 3.05) is 24.2 Å². The van der Waals surface area contributed by atoms with Crippen LogP contribution in [0.5, 0.6) is 0 Å². The van der Waals surface area contributed by atoms with Crippen molar-refractivity contribution >= 4 is 11.6 Å². The predicted octanol–water partition coefficient (Wildman–Crippen LogP) is 2.37. The van der Waals surface area contributed by atoms with Gasteiger partial charge in [-0.25, -0.2) is 4.98 Å². The Morgan fingerprint density at radius 2 is 1.93 bits per heavy atom. The lowest BCUT2D eigenvalue weighted by atomic mass is 9.90. The molecule has 0 aliphatic rings. The fraction of sp³-hybridized carbons (Fsp3) is 0.636. The zero-order chi connectivity index (χ0) is 11.3. The Morgan fingerprint density at radius 3 is 2.53 bits per heavy atom. The van der Waals surface area contributed by atoms with E-state index in [0.717, 1.165) is 24.6 Å². The Kier molecular flexibility index (Phi) is 3.88. The van der Waals surface area contributed by atoms with Gasteiger partial charge in [0.15, 0.2) is 0 Å². The lowest BCUT2D eigenvalue weighted by Crippen LogP contribution is -2.22. The van der Waals surface area contributed by atoms with Crippen LogP contribution in [0.25, 0.3) is 0 Å². The summed E-state index contributed by atoms with van der Waals surface area (Å²) < 4.78 is 0. The van der Waals surface area contributed by atoms with Gasteiger partial charge < -0.3 is 10.6 Å². The molecule has 1 heterocycles. The lowest BCUT2D eigenvalue weighted by Gasteiger charge is -2.23. The van der Waals surface area contributed by atoms with Crippen LogP contribution in [0.2, 0.25) is 0 Å². The highest BCUT2D eigenvalue weighted by atomic mass is 15.1. The van der Waals surface area contributed by atoms with Crippen molar-refractivity contribution in [2.45, 2.75) is 27.2 Å². The van der Waals surface area contributed by atoms with E-state index >= 15 is 0 Å². The van der Waals surface area contributed by atoms with Gasteiger partial charge in [0.05, 0.1) is 12.4 Å². The van der Waals surface area contributed by atoms with E-state index in [4.69, 9.17) is 0 Å². The highest BCUT2D eigenvalue weighted by Crippen LogP contribution is 2.19. The van der Waals surface area contributed by atoms with Crippen LogP contribution < -0.4 is 10.6 Å². The molecule has 0 saturated carbocycles. The third kappa shape index (κ3) is 3.73. The molecule has 1 aromatic rings. The molecule has 0 saturated heterocycles. The summed E-state index contributed by atoms with van der Waals surface area (Å²) in [6.07, 6.45) is 4.59. The topological polar surface area (TPSA) is 49.8 Å². The van der Waals surface area contributed by atoms with E-state index in [1.807, 2.05) is 7.05 Å². The molecule has 0 aliphatic carbocycles. The maximum Gasteiger partial charge on any atom is 0.146 e. The molecule has 0 aliphatic heterocycles. The zero-order valence-corrected chi connectivity index (χ0v) is 9.96. The minimum Gasteiger partial charge on any atom is -0.372 e. The zero-order valence-electron chi connectivity index (χ0n) is 9.96. The van der Waals surface area contributed by atoms with Gasteiger partial charge in [-0.3, -0.25) is 4.98 Å². The van der Waals surface area contributed by atoms with Crippen molar-refractivity contribution < 1.29 is 0 Å². The largest absolute Gasteiger partial charge is 0.372 e. The van der Waals surface area contributed by atoms with Gasteiger partial charge in [0.2, 0.25) is 0 Å². The predicted molar refractivity (Wildman–Crippen MR) is 64.1 cm³/mol. The molecule has 1 rings (SSSR count). The van der Waals surface area contributed by atoms with Gasteiger partial charge in [0, 0.05) is 13.6 Å².